The summed E-state index contributed by atoms with van der Waals surface area (Å²) in [6.07, 6.45) is 12.4. The highest BCUT2D eigenvalue weighted by Gasteiger charge is 2.43. The molecule has 0 saturated heterocycles. The van der Waals surface area contributed by atoms with Gasteiger partial charge in [-0.25, -0.2) is 0 Å². The molecule has 0 spiro atoms. The zero-order valence-electron chi connectivity index (χ0n) is 29.7. The summed E-state index contributed by atoms with van der Waals surface area (Å²) in [6.45, 7) is 19.5. The molecule has 2 aromatic rings. The third kappa shape index (κ3) is 7.86. The van der Waals surface area contributed by atoms with Crippen LogP contribution in [0.4, 0.5) is 11.4 Å². The first-order valence-electron chi connectivity index (χ1n) is 17.2. The van der Waals surface area contributed by atoms with E-state index in [0.29, 0.717) is 26.1 Å². The van der Waals surface area contributed by atoms with Crippen LogP contribution in [0, 0.1) is 0 Å². The van der Waals surface area contributed by atoms with Gasteiger partial charge in [0.05, 0.1) is 18.6 Å². The zero-order chi connectivity index (χ0) is 34.2. The van der Waals surface area contributed by atoms with Gasteiger partial charge >= 0.3 is 11.9 Å². The summed E-state index contributed by atoms with van der Waals surface area (Å²) < 4.78 is 12.9. The van der Waals surface area contributed by atoms with Crippen molar-refractivity contribution >= 4 is 29.0 Å². The molecule has 6 heteroatoms. The van der Waals surface area contributed by atoms with E-state index >= 15 is 0 Å². The van der Waals surface area contributed by atoms with Gasteiger partial charge in [-0.3, -0.25) is 9.59 Å². The van der Waals surface area contributed by atoms with Crippen molar-refractivity contribution < 1.29 is 23.6 Å². The number of carbonyl (C=O) groups is 2. The van der Waals surface area contributed by atoms with Crippen LogP contribution in [0.5, 0.6) is 0 Å². The maximum absolute atomic E-state index is 12.5. The van der Waals surface area contributed by atoms with E-state index in [1.165, 1.54) is 33.9 Å². The van der Waals surface area contributed by atoms with Crippen molar-refractivity contribution in [3.63, 3.8) is 0 Å². The molecule has 0 atom stereocenters. The molecular weight excluding hydrogens is 584 g/mol. The topological polar surface area (TPSA) is 58.8 Å². The van der Waals surface area contributed by atoms with Crippen LogP contribution in [-0.4, -0.2) is 48.5 Å². The molecule has 2 heterocycles. The van der Waals surface area contributed by atoms with Crippen molar-refractivity contribution in [1.82, 2.24) is 0 Å². The highest BCUT2D eigenvalue weighted by Crippen LogP contribution is 2.47. The Morgan fingerprint density at radius 1 is 0.766 bits per heavy atom. The summed E-state index contributed by atoms with van der Waals surface area (Å²) in [6, 6.07) is 17.2. The van der Waals surface area contributed by atoms with Crippen molar-refractivity contribution in [2.45, 2.75) is 91.9 Å². The molecule has 2 aliphatic heterocycles. The molecule has 47 heavy (non-hydrogen) atoms. The Morgan fingerprint density at radius 3 is 1.98 bits per heavy atom. The van der Waals surface area contributed by atoms with Crippen LogP contribution in [0.15, 0.2) is 95.8 Å². The van der Waals surface area contributed by atoms with E-state index < -0.39 is 0 Å². The van der Waals surface area contributed by atoms with E-state index in [1.54, 1.807) is 0 Å². The van der Waals surface area contributed by atoms with Crippen LogP contribution in [0.25, 0.3) is 0 Å². The Kier molecular flexibility index (Phi) is 11.8. The molecule has 0 N–H and O–H groups in total. The number of esters is 2. The summed E-state index contributed by atoms with van der Waals surface area (Å²) in [7, 11) is 0. The van der Waals surface area contributed by atoms with Crippen LogP contribution in [0.3, 0.4) is 0 Å². The lowest BCUT2D eigenvalue weighted by Gasteiger charge is -2.26. The van der Waals surface area contributed by atoms with Gasteiger partial charge < -0.3 is 14.4 Å². The first kappa shape index (κ1) is 35.7. The van der Waals surface area contributed by atoms with Crippen molar-refractivity contribution in [2.75, 3.05) is 31.2 Å². The number of rotatable bonds is 14. The third-order valence-corrected chi connectivity index (χ3v) is 9.36. The molecule has 2 aliphatic rings. The third-order valence-electron chi connectivity index (χ3n) is 9.36. The van der Waals surface area contributed by atoms with Crippen LogP contribution >= 0.6 is 0 Å². The second kappa shape index (κ2) is 15.6. The first-order chi connectivity index (χ1) is 22.5. The summed E-state index contributed by atoms with van der Waals surface area (Å²) >= 11 is 0. The second-order valence-corrected chi connectivity index (χ2v) is 13.1. The Hall–Kier alpha value is -4.19. The molecule has 250 valence electrons. The average molecular weight is 638 g/mol. The minimum atomic E-state index is -0.216. The summed E-state index contributed by atoms with van der Waals surface area (Å²) in [5.74, 6) is -0.432. The first-order valence-corrected chi connectivity index (χ1v) is 17.2. The molecule has 0 saturated carbocycles. The maximum Gasteiger partial charge on any atom is 0.306 e. The lowest BCUT2D eigenvalue weighted by Crippen LogP contribution is -2.27. The molecule has 2 aromatic carbocycles. The second-order valence-electron chi connectivity index (χ2n) is 13.1. The Bertz CT molecular complexity index is 1620. The average Bonchev–Trinajstić information content (AvgIpc) is 3.41. The number of hydrogen-bond donors (Lipinski definition) is 0. The molecule has 0 fully saturated rings. The van der Waals surface area contributed by atoms with Crippen molar-refractivity contribution in [2.24, 2.45) is 0 Å². The van der Waals surface area contributed by atoms with Crippen molar-refractivity contribution in [1.29, 1.82) is 0 Å². The fourth-order valence-electron chi connectivity index (χ4n) is 6.94. The van der Waals surface area contributed by atoms with E-state index in [1.807, 2.05) is 13.8 Å². The van der Waals surface area contributed by atoms with Gasteiger partial charge in [-0.2, -0.15) is 4.58 Å². The van der Waals surface area contributed by atoms with E-state index in [-0.39, 0.29) is 35.6 Å². The SMILES string of the molecule is CCOC(=O)CCC(=C\C=C1\N(CC)c2ccccc2C1(C)C)/C=C(/C=C/C1=[N+](CC)c2ccccc2C1(C)C)CCC(=O)OCC. The van der Waals surface area contributed by atoms with Gasteiger partial charge in [0.1, 0.15) is 6.54 Å². The number of nitrogens with zero attached hydrogens (tertiary/aromatic N) is 2. The summed E-state index contributed by atoms with van der Waals surface area (Å²) in [4.78, 5) is 27.4. The summed E-state index contributed by atoms with van der Waals surface area (Å²) in [5, 5.41) is 0. The van der Waals surface area contributed by atoms with Crippen molar-refractivity contribution in [3.8, 4) is 0 Å². The van der Waals surface area contributed by atoms with Crippen LogP contribution in [-0.2, 0) is 29.9 Å². The number of carbonyl (C=O) groups excluding carboxylic acids is 2. The van der Waals surface area contributed by atoms with E-state index in [2.05, 4.69) is 130 Å². The van der Waals surface area contributed by atoms with Crippen molar-refractivity contribution in [3.05, 3.63) is 107 Å². The number of fused-ring (bicyclic) bond motifs is 2. The molecular formula is C41H53N2O4+. The Labute approximate surface area is 282 Å². The Balaban J connectivity index is 1.78. The van der Waals surface area contributed by atoms with Crippen LogP contribution in [0.2, 0.25) is 0 Å². The quantitative estimate of drug-likeness (QED) is 0.118. The molecule has 6 nitrogen and oxygen atoms in total. The van der Waals surface area contributed by atoms with Gasteiger partial charge in [0.15, 0.2) is 5.71 Å². The van der Waals surface area contributed by atoms with E-state index in [4.69, 9.17) is 9.47 Å². The highest BCUT2D eigenvalue weighted by molar-refractivity contribution is 6.03. The van der Waals surface area contributed by atoms with E-state index in [9.17, 15) is 9.59 Å². The van der Waals surface area contributed by atoms with Gasteiger partial charge in [-0.1, -0.05) is 68.5 Å². The number of hydrogen-bond acceptors (Lipinski definition) is 5. The fraction of sp³-hybridized carbons (Fsp3) is 0.439. The normalized spacial score (nSPS) is 17.8. The lowest BCUT2D eigenvalue weighted by atomic mass is 9.81. The predicted octanol–water partition coefficient (Wildman–Crippen LogP) is 8.88. The van der Waals surface area contributed by atoms with Gasteiger partial charge in [0.2, 0.25) is 5.69 Å². The number of likely N-dealkylation sites (N-methyl/N-ethyl adjacent to an activating group) is 1. The van der Waals surface area contributed by atoms with Gasteiger partial charge in [-0.15, -0.1) is 0 Å². The monoisotopic (exact) mass is 637 g/mol. The van der Waals surface area contributed by atoms with Crippen LogP contribution in [0.1, 0.15) is 92.2 Å². The minimum absolute atomic E-state index is 0.172. The number of para-hydroxylation sites is 2. The Morgan fingerprint density at radius 2 is 1.36 bits per heavy atom. The summed E-state index contributed by atoms with van der Waals surface area (Å²) in [5.41, 5.74) is 9.17. The van der Waals surface area contributed by atoms with Gasteiger partial charge in [0.25, 0.3) is 0 Å². The largest absolute Gasteiger partial charge is 0.466 e. The number of anilines is 1. The zero-order valence-corrected chi connectivity index (χ0v) is 29.7. The molecule has 0 bridgehead atoms. The minimum Gasteiger partial charge on any atom is -0.466 e. The van der Waals surface area contributed by atoms with Gasteiger partial charge in [-0.05, 0) is 83.2 Å². The molecule has 0 radical (unpaired) electrons. The number of allylic oxidation sites excluding steroid dienone is 8. The van der Waals surface area contributed by atoms with Crippen LogP contribution < -0.4 is 4.90 Å². The molecule has 4 rings (SSSR count). The maximum atomic E-state index is 12.5. The van der Waals surface area contributed by atoms with Gasteiger partial charge in [0, 0.05) is 53.9 Å². The smallest absolute Gasteiger partial charge is 0.306 e. The molecule has 0 unspecified atom stereocenters. The standard InChI is InChI=1S/C41H53N2O4/c1-9-42-34-19-15-13-17-32(34)40(5,6)36(42)25-21-30(23-27-38(44)46-11-3)29-31(24-28-39(45)47-12-4)22-26-37-41(7,8)33-18-14-16-20-35(33)43(37)10-2/h13-22,25-26,29H,9-12,23-24,27-28H2,1-8H3/q+1. The number of ether oxygens (including phenoxy) is 2. The lowest BCUT2D eigenvalue weighted by molar-refractivity contribution is -0.433. The molecule has 0 aromatic heterocycles. The fourth-order valence-corrected chi connectivity index (χ4v) is 6.94. The molecule has 0 aliphatic carbocycles. The number of benzene rings is 2. The predicted molar refractivity (Wildman–Crippen MR) is 193 cm³/mol. The highest BCUT2D eigenvalue weighted by atomic mass is 16.5. The van der Waals surface area contributed by atoms with E-state index in [0.717, 1.165) is 24.2 Å². The molecule has 0 amide bonds.